The van der Waals surface area contributed by atoms with Crippen molar-refractivity contribution >= 4 is 12.2 Å². The van der Waals surface area contributed by atoms with Gasteiger partial charge in [0, 0.05) is 6.54 Å². The van der Waals surface area contributed by atoms with Crippen molar-refractivity contribution in [3.63, 3.8) is 0 Å². The quantitative estimate of drug-likeness (QED) is 0.569. The first-order valence-electron chi connectivity index (χ1n) is 4.18. The first-order chi connectivity index (χ1) is 5.66. The molecule has 1 fully saturated rings. The fourth-order valence-corrected chi connectivity index (χ4v) is 1.47. The summed E-state index contributed by atoms with van der Waals surface area (Å²) in [6.45, 7) is 2.31. The maximum absolute atomic E-state index is 11.4. The van der Waals surface area contributed by atoms with Crippen molar-refractivity contribution in [1.82, 2.24) is 4.90 Å². The van der Waals surface area contributed by atoms with Crippen molar-refractivity contribution in [2.45, 2.75) is 31.8 Å². The lowest BCUT2D eigenvalue weighted by molar-refractivity contribution is -0.135. The molecule has 2 N–H and O–H groups in total. The largest absolute Gasteiger partial charge is 0.332 e. The highest BCUT2D eigenvalue weighted by Crippen LogP contribution is 2.15. The molecule has 0 saturated carbocycles. The molecule has 0 aliphatic carbocycles. The smallest absolute Gasteiger partial charge is 0.239 e. The molecule has 2 atom stereocenters. The van der Waals surface area contributed by atoms with E-state index in [-0.39, 0.29) is 11.9 Å². The third kappa shape index (κ3) is 1.64. The Morgan fingerprint density at radius 3 is 2.92 bits per heavy atom. The van der Waals surface area contributed by atoms with Crippen LogP contribution in [0.1, 0.15) is 19.8 Å². The van der Waals surface area contributed by atoms with Gasteiger partial charge in [0.15, 0.2) is 0 Å². The Labute approximate surface area is 71.7 Å². The molecule has 1 heterocycles. The minimum Gasteiger partial charge on any atom is -0.332 e. The molecule has 0 aromatic rings. The second-order valence-electron chi connectivity index (χ2n) is 3.17. The van der Waals surface area contributed by atoms with Crippen molar-refractivity contribution in [2.75, 3.05) is 6.54 Å². The van der Waals surface area contributed by atoms with Crippen molar-refractivity contribution in [3.05, 3.63) is 0 Å². The number of hydrogen-bond acceptors (Lipinski definition) is 3. The lowest BCUT2D eigenvalue weighted by Gasteiger charge is -2.22. The molecule has 1 amide bonds. The summed E-state index contributed by atoms with van der Waals surface area (Å²) >= 11 is 0. The molecule has 1 aliphatic heterocycles. The van der Waals surface area contributed by atoms with Gasteiger partial charge in [0.1, 0.15) is 6.29 Å². The zero-order valence-corrected chi connectivity index (χ0v) is 7.19. The summed E-state index contributed by atoms with van der Waals surface area (Å²) in [7, 11) is 0. The van der Waals surface area contributed by atoms with Crippen LogP contribution < -0.4 is 5.73 Å². The number of nitrogens with zero attached hydrogens (tertiary/aromatic N) is 1. The van der Waals surface area contributed by atoms with Gasteiger partial charge in [-0.25, -0.2) is 0 Å². The van der Waals surface area contributed by atoms with Gasteiger partial charge < -0.3 is 15.4 Å². The van der Waals surface area contributed by atoms with E-state index in [4.69, 9.17) is 5.73 Å². The van der Waals surface area contributed by atoms with Crippen LogP contribution >= 0.6 is 0 Å². The molecule has 1 saturated heterocycles. The monoisotopic (exact) mass is 170 g/mol. The topological polar surface area (TPSA) is 63.4 Å². The number of likely N-dealkylation sites (tertiary alicyclic amines) is 1. The van der Waals surface area contributed by atoms with Gasteiger partial charge in [-0.2, -0.15) is 0 Å². The molecule has 0 aromatic carbocycles. The summed E-state index contributed by atoms with van der Waals surface area (Å²) in [5.41, 5.74) is 5.43. The third-order valence-corrected chi connectivity index (χ3v) is 2.13. The molecule has 0 bridgehead atoms. The normalized spacial score (nSPS) is 25.5. The fraction of sp³-hybridized carbons (Fsp3) is 0.750. The number of hydrogen-bond donors (Lipinski definition) is 1. The van der Waals surface area contributed by atoms with Crippen LogP contribution in [0.5, 0.6) is 0 Å². The molecular formula is C8H14N2O2. The summed E-state index contributed by atoms with van der Waals surface area (Å²) in [5.74, 6) is -0.121. The number of aldehydes is 1. The van der Waals surface area contributed by atoms with E-state index in [0.717, 1.165) is 19.1 Å². The number of rotatable bonds is 2. The van der Waals surface area contributed by atoms with E-state index in [1.165, 1.54) is 0 Å². The second-order valence-corrected chi connectivity index (χ2v) is 3.17. The van der Waals surface area contributed by atoms with E-state index in [2.05, 4.69) is 0 Å². The van der Waals surface area contributed by atoms with Gasteiger partial charge in [-0.05, 0) is 19.8 Å². The Morgan fingerprint density at radius 1 is 1.75 bits per heavy atom. The van der Waals surface area contributed by atoms with E-state index in [0.29, 0.717) is 6.54 Å². The molecule has 4 nitrogen and oxygen atoms in total. The maximum atomic E-state index is 11.4. The molecule has 68 valence electrons. The van der Waals surface area contributed by atoms with E-state index in [9.17, 15) is 9.59 Å². The van der Waals surface area contributed by atoms with Gasteiger partial charge in [-0.3, -0.25) is 4.79 Å². The molecule has 0 unspecified atom stereocenters. The lowest BCUT2D eigenvalue weighted by atomic mass is 10.2. The van der Waals surface area contributed by atoms with Crippen LogP contribution in [-0.4, -0.2) is 35.7 Å². The van der Waals surface area contributed by atoms with E-state index in [1.807, 2.05) is 0 Å². The second kappa shape index (κ2) is 3.67. The minimum atomic E-state index is -0.495. The number of amides is 1. The van der Waals surface area contributed by atoms with Gasteiger partial charge in [-0.1, -0.05) is 0 Å². The molecule has 0 aromatic heterocycles. The van der Waals surface area contributed by atoms with Crippen LogP contribution in [0.3, 0.4) is 0 Å². The van der Waals surface area contributed by atoms with Crippen LogP contribution in [-0.2, 0) is 9.59 Å². The van der Waals surface area contributed by atoms with Crippen LogP contribution in [0.25, 0.3) is 0 Å². The van der Waals surface area contributed by atoms with E-state index in [1.54, 1.807) is 11.8 Å². The van der Waals surface area contributed by atoms with Crippen molar-refractivity contribution in [3.8, 4) is 0 Å². The van der Waals surface area contributed by atoms with Crippen LogP contribution in [0.15, 0.2) is 0 Å². The summed E-state index contributed by atoms with van der Waals surface area (Å²) in [6.07, 6.45) is 2.51. The third-order valence-electron chi connectivity index (χ3n) is 2.13. The highest BCUT2D eigenvalue weighted by atomic mass is 16.2. The standard InChI is InChI=1S/C8H14N2O2/c1-6(9)8(12)10-4-2-3-7(10)5-11/h5-7H,2-4,9H2,1H3/t6-,7+/m1/s1. The summed E-state index contributed by atoms with van der Waals surface area (Å²) in [4.78, 5) is 23.4. The lowest BCUT2D eigenvalue weighted by Crippen LogP contribution is -2.45. The minimum absolute atomic E-state index is 0.121. The maximum Gasteiger partial charge on any atom is 0.239 e. The van der Waals surface area contributed by atoms with Gasteiger partial charge in [0.25, 0.3) is 0 Å². The zero-order chi connectivity index (χ0) is 9.14. The Balaban J connectivity index is 2.61. The molecule has 0 radical (unpaired) electrons. The van der Waals surface area contributed by atoms with Crippen molar-refractivity contribution in [2.24, 2.45) is 5.73 Å². The van der Waals surface area contributed by atoms with Crippen LogP contribution in [0.4, 0.5) is 0 Å². The highest BCUT2D eigenvalue weighted by Gasteiger charge is 2.29. The first-order valence-corrected chi connectivity index (χ1v) is 4.18. The molecule has 4 heteroatoms. The zero-order valence-electron chi connectivity index (χ0n) is 7.19. The highest BCUT2D eigenvalue weighted by molar-refractivity contribution is 5.84. The predicted octanol–water partition coefficient (Wildman–Crippen LogP) is -0.476. The van der Waals surface area contributed by atoms with Crippen molar-refractivity contribution in [1.29, 1.82) is 0 Å². The van der Waals surface area contributed by atoms with E-state index < -0.39 is 6.04 Å². The summed E-state index contributed by atoms with van der Waals surface area (Å²) in [5, 5.41) is 0. The van der Waals surface area contributed by atoms with Gasteiger partial charge >= 0.3 is 0 Å². The molecule has 0 spiro atoms. The predicted molar refractivity (Wildman–Crippen MR) is 44.4 cm³/mol. The van der Waals surface area contributed by atoms with Gasteiger partial charge in [0.05, 0.1) is 12.1 Å². The molecule has 1 rings (SSSR count). The summed E-state index contributed by atoms with van der Waals surface area (Å²) in [6, 6.07) is -0.728. The van der Waals surface area contributed by atoms with Gasteiger partial charge in [0.2, 0.25) is 5.91 Å². The number of carbonyl (C=O) groups is 2. The van der Waals surface area contributed by atoms with Crippen molar-refractivity contribution < 1.29 is 9.59 Å². The van der Waals surface area contributed by atoms with E-state index >= 15 is 0 Å². The fourth-order valence-electron chi connectivity index (χ4n) is 1.47. The molecule has 12 heavy (non-hydrogen) atoms. The Bertz CT molecular complexity index is 191. The van der Waals surface area contributed by atoms with Gasteiger partial charge in [-0.15, -0.1) is 0 Å². The molecule has 1 aliphatic rings. The average molecular weight is 170 g/mol. The Morgan fingerprint density at radius 2 is 2.42 bits per heavy atom. The SMILES string of the molecule is C[C@@H](N)C(=O)N1CCC[C@H]1C=O. The molecular weight excluding hydrogens is 156 g/mol. The first kappa shape index (κ1) is 9.19. The van der Waals surface area contributed by atoms with Crippen LogP contribution in [0.2, 0.25) is 0 Å². The Hall–Kier alpha value is -0.900. The number of nitrogens with two attached hydrogens (primary N) is 1. The Kier molecular flexibility index (Phi) is 2.81. The summed E-state index contributed by atoms with van der Waals surface area (Å²) < 4.78 is 0. The van der Waals surface area contributed by atoms with Crippen LogP contribution in [0, 0.1) is 0 Å². The number of carbonyl (C=O) groups excluding carboxylic acids is 2. The average Bonchev–Trinajstić information content (AvgIpc) is 2.49.